The standard InChI is InChI=1S/C17H15NO.C2H6/c1-2-15-18-16(13-9-5-3-6-10-13)17(19-15)14-11-7-4-8-12-14;1-2/h3-12H,2H2,1H3;1-2H3. The molecule has 2 nitrogen and oxygen atoms in total. The number of hydrogen-bond acceptors (Lipinski definition) is 2. The zero-order valence-corrected chi connectivity index (χ0v) is 12.8. The molecule has 0 fully saturated rings. The van der Waals surface area contributed by atoms with Gasteiger partial charge in [0.25, 0.3) is 0 Å². The van der Waals surface area contributed by atoms with Crippen molar-refractivity contribution in [2.45, 2.75) is 27.2 Å². The van der Waals surface area contributed by atoms with Gasteiger partial charge in [-0.25, -0.2) is 4.98 Å². The van der Waals surface area contributed by atoms with Crippen LogP contribution in [0.15, 0.2) is 65.1 Å². The second kappa shape index (κ2) is 7.44. The van der Waals surface area contributed by atoms with Crippen LogP contribution in [0.3, 0.4) is 0 Å². The molecule has 0 radical (unpaired) electrons. The van der Waals surface area contributed by atoms with E-state index in [-0.39, 0.29) is 0 Å². The van der Waals surface area contributed by atoms with Crippen LogP contribution < -0.4 is 0 Å². The fourth-order valence-corrected chi connectivity index (χ4v) is 2.09. The van der Waals surface area contributed by atoms with E-state index in [9.17, 15) is 0 Å². The lowest BCUT2D eigenvalue weighted by atomic mass is 10.1. The van der Waals surface area contributed by atoms with E-state index in [0.29, 0.717) is 0 Å². The van der Waals surface area contributed by atoms with Gasteiger partial charge < -0.3 is 4.42 Å². The Labute approximate surface area is 126 Å². The van der Waals surface area contributed by atoms with Gasteiger partial charge in [-0.2, -0.15) is 0 Å². The SMILES string of the molecule is CC.CCc1nc(-c2ccccc2)c(-c2ccccc2)o1. The van der Waals surface area contributed by atoms with Crippen molar-refractivity contribution >= 4 is 0 Å². The molecule has 21 heavy (non-hydrogen) atoms. The maximum absolute atomic E-state index is 5.89. The van der Waals surface area contributed by atoms with E-state index < -0.39 is 0 Å². The molecule has 0 N–H and O–H groups in total. The summed E-state index contributed by atoms with van der Waals surface area (Å²) in [7, 11) is 0. The van der Waals surface area contributed by atoms with Gasteiger partial charge in [-0.3, -0.25) is 0 Å². The fourth-order valence-electron chi connectivity index (χ4n) is 2.09. The number of rotatable bonds is 3. The molecule has 0 amide bonds. The van der Waals surface area contributed by atoms with Crippen LogP contribution >= 0.6 is 0 Å². The predicted molar refractivity (Wildman–Crippen MR) is 88.1 cm³/mol. The smallest absolute Gasteiger partial charge is 0.195 e. The number of oxazole rings is 1. The summed E-state index contributed by atoms with van der Waals surface area (Å²) in [6.07, 6.45) is 0.798. The highest BCUT2D eigenvalue weighted by Gasteiger charge is 2.15. The summed E-state index contributed by atoms with van der Waals surface area (Å²) in [6.45, 7) is 6.05. The van der Waals surface area contributed by atoms with Crippen molar-refractivity contribution in [3.8, 4) is 22.6 Å². The molecule has 108 valence electrons. The number of hydrogen-bond donors (Lipinski definition) is 0. The molecule has 1 aromatic heterocycles. The third kappa shape index (κ3) is 3.40. The third-order valence-electron chi connectivity index (χ3n) is 3.06. The van der Waals surface area contributed by atoms with Crippen LogP contribution in [0.2, 0.25) is 0 Å². The Kier molecular flexibility index (Phi) is 5.33. The van der Waals surface area contributed by atoms with E-state index in [1.807, 2.05) is 62.4 Å². The Hall–Kier alpha value is -2.35. The molecule has 0 spiro atoms. The van der Waals surface area contributed by atoms with E-state index in [2.05, 4.69) is 24.0 Å². The summed E-state index contributed by atoms with van der Waals surface area (Å²) >= 11 is 0. The largest absolute Gasteiger partial charge is 0.440 e. The number of aryl methyl sites for hydroxylation is 1. The molecule has 0 aliphatic heterocycles. The van der Waals surface area contributed by atoms with Crippen molar-refractivity contribution in [3.05, 3.63) is 66.6 Å². The van der Waals surface area contributed by atoms with Crippen molar-refractivity contribution in [2.24, 2.45) is 0 Å². The Bertz CT molecular complexity index is 600. The first kappa shape index (κ1) is 15.0. The molecular weight excluding hydrogens is 258 g/mol. The molecule has 0 saturated heterocycles. The van der Waals surface area contributed by atoms with Crippen LogP contribution in [0.5, 0.6) is 0 Å². The number of nitrogens with zero attached hydrogens (tertiary/aromatic N) is 1. The second-order valence-corrected chi connectivity index (χ2v) is 4.37. The van der Waals surface area contributed by atoms with Gasteiger partial charge in [-0.15, -0.1) is 0 Å². The van der Waals surface area contributed by atoms with Gasteiger partial charge in [-0.05, 0) is 0 Å². The third-order valence-corrected chi connectivity index (χ3v) is 3.06. The lowest BCUT2D eigenvalue weighted by Crippen LogP contribution is -1.82. The van der Waals surface area contributed by atoms with Crippen LogP contribution in [0.1, 0.15) is 26.7 Å². The number of benzene rings is 2. The maximum Gasteiger partial charge on any atom is 0.195 e. The zero-order chi connectivity index (χ0) is 15.1. The topological polar surface area (TPSA) is 26.0 Å². The van der Waals surface area contributed by atoms with Crippen LogP contribution in [0, 0.1) is 0 Å². The summed E-state index contributed by atoms with van der Waals surface area (Å²) in [5.74, 6) is 1.63. The van der Waals surface area contributed by atoms with Crippen LogP contribution in [-0.2, 0) is 6.42 Å². The van der Waals surface area contributed by atoms with E-state index in [1.165, 1.54) is 0 Å². The molecule has 2 heteroatoms. The van der Waals surface area contributed by atoms with Crippen molar-refractivity contribution in [1.29, 1.82) is 0 Å². The summed E-state index contributed by atoms with van der Waals surface area (Å²) in [5.41, 5.74) is 3.07. The van der Waals surface area contributed by atoms with E-state index in [1.54, 1.807) is 0 Å². The lowest BCUT2D eigenvalue weighted by Gasteiger charge is -2.00. The minimum atomic E-state index is 0.776. The Morgan fingerprint density at radius 3 is 1.86 bits per heavy atom. The molecule has 3 rings (SSSR count). The molecule has 3 aromatic rings. The highest BCUT2D eigenvalue weighted by molar-refractivity contribution is 5.76. The van der Waals surface area contributed by atoms with E-state index >= 15 is 0 Å². The highest BCUT2D eigenvalue weighted by Crippen LogP contribution is 2.32. The monoisotopic (exact) mass is 279 g/mol. The summed E-state index contributed by atoms with van der Waals surface area (Å²) < 4.78 is 5.89. The maximum atomic E-state index is 5.89. The van der Waals surface area contributed by atoms with Crippen molar-refractivity contribution in [2.75, 3.05) is 0 Å². The van der Waals surface area contributed by atoms with Crippen LogP contribution in [-0.4, -0.2) is 4.98 Å². The summed E-state index contributed by atoms with van der Waals surface area (Å²) in [4.78, 5) is 4.61. The van der Waals surface area contributed by atoms with E-state index in [4.69, 9.17) is 4.42 Å². The van der Waals surface area contributed by atoms with Crippen molar-refractivity contribution in [3.63, 3.8) is 0 Å². The van der Waals surface area contributed by atoms with Gasteiger partial charge in [0.15, 0.2) is 11.7 Å². The summed E-state index contributed by atoms with van der Waals surface area (Å²) in [6, 6.07) is 20.3. The van der Waals surface area contributed by atoms with Crippen molar-refractivity contribution in [1.82, 2.24) is 4.98 Å². The van der Waals surface area contributed by atoms with Crippen molar-refractivity contribution < 1.29 is 4.42 Å². The molecule has 1 heterocycles. The molecule has 0 saturated carbocycles. The minimum absolute atomic E-state index is 0.776. The normalized spacial score (nSPS) is 9.86. The molecule has 0 aliphatic carbocycles. The molecule has 0 unspecified atom stereocenters. The Morgan fingerprint density at radius 1 is 0.810 bits per heavy atom. The first-order valence-corrected chi connectivity index (χ1v) is 7.49. The number of aromatic nitrogens is 1. The molecule has 0 atom stereocenters. The van der Waals surface area contributed by atoms with Gasteiger partial charge in [0, 0.05) is 17.5 Å². The quantitative estimate of drug-likeness (QED) is 0.624. The predicted octanol–water partition coefficient (Wildman–Crippen LogP) is 5.60. The van der Waals surface area contributed by atoms with Gasteiger partial charge >= 0.3 is 0 Å². The first-order chi connectivity index (χ1) is 10.4. The molecule has 2 aromatic carbocycles. The van der Waals surface area contributed by atoms with Gasteiger partial charge in [0.2, 0.25) is 0 Å². The zero-order valence-electron chi connectivity index (χ0n) is 12.8. The van der Waals surface area contributed by atoms with Gasteiger partial charge in [0.1, 0.15) is 5.69 Å². The van der Waals surface area contributed by atoms with Crippen LogP contribution in [0.4, 0.5) is 0 Å². The highest BCUT2D eigenvalue weighted by atomic mass is 16.4. The Balaban J connectivity index is 0.000000774. The van der Waals surface area contributed by atoms with Gasteiger partial charge in [0.05, 0.1) is 0 Å². The molecule has 0 bridgehead atoms. The Morgan fingerprint density at radius 2 is 1.33 bits per heavy atom. The average molecular weight is 279 g/mol. The second-order valence-electron chi connectivity index (χ2n) is 4.37. The summed E-state index contributed by atoms with van der Waals surface area (Å²) in [5, 5.41) is 0. The minimum Gasteiger partial charge on any atom is -0.440 e. The fraction of sp³-hybridized carbons (Fsp3) is 0.211. The lowest BCUT2D eigenvalue weighted by molar-refractivity contribution is 0.514. The van der Waals surface area contributed by atoms with Crippen LogP contribution in [0.25, 0.3) is 22.6 Å². The molecular formula is C19H21NO. The molecule has 0 aliphatic rings. The van der Waals surface area contributed by atoms with Gasteiger partial charge in [-0.1, -0.05) is 81.4 Å². The average Bonchev–Trinajstić information content (AvgIpc) is 3.03. The van der Waals surface area contributed by atoms with E-state index in [0.717, 1.165) is 34.9 Å². The first-order valence-electron chi connectivity index (χ1n) is 7.49.